The molecule has 3 N–H and O–H groups in total. The smallest absolute Gasteiger partial charge is 0.242 e. The molecule has 2 aromatic carbocycles. The highest BCUT2D eigenvalue weighted by Gasteiger charge is 2.18. The van der Waals surface area contributed by atoms with Crippen LogP contribution in [0.25, 0.3) is 0 Å². The molecule has 1 amide bonds. The van der Waals surface area contributed by atoms with Gasteiger partial charge in [0.25, 0.3) is 0 Å². The topological polar surface area (TPSA) is 58.0 Å². The Kier molecular flexibility index (Phi) is 7.36. The van der Waals surface area contributed by atoms with Gasteiger partial charge in [-0.15, -0.1) is 0 Å². The van der Waals surface area contributed by atoms with Gasteiger partial charge in [0.05, 0.1) is 39.8 Å². The van der Waals surface area contributed by atoms with Gasteiger partial charge in [-0.05, 0) is 55.8 Å². The lowest BCUT2D eigenvalue weighted by Gasteiger charge is -2.33. The van der Waals surface area contributed by atoms with Crippen LogP contribution >= 0.6 is 0 Å². The van der Waals surface area contributed by atoms with Crippen molar-refractivity contribution in [2.24, 2.45) is 0 Å². The number of carbonyl (C=O) groups is 1. The molecule has 6 heteroatoms. The maximum Gasteiger partial charge on any atom is 0.242 e. The largest absolute Gasteiger partial charge is 0.497 e. The number of rotatable bonds is 8. The highest BCUT2D eigenvalue weighted by molar-refractivity contribution is 5.84. The number of methoxy groups -OCH3 is 1. The molecule has 0 aromatic heterocycles. The van der Waals surface area contributed by atoms with Crippen molar-refractivity contribution in [2.45, 2.75) is 26.4 Å². The fraction of sp³-hybridized carbons (Fsp3) is 0.435. The van der Waals surface area contributed by atoms with Gasteiger partial charge in [-0.3, -0.25) is 4.79 Å². The summed E-state index contributed by atoms with van der Waals surface area (Å²) in [7, 11) is 1.64. The second-order valence-corrected chi connectivity index (χ2v) is 7.57. The van der Waals surface area contributed by atoms with E-state index in [0.29, 0.717) is 6.54 Å². The fourth-order valence-corrected chi connectivity index (χ4v) is 3.60. The first-order valence-electron chi connectivity index (χ1n) is 10.4. The molecule has 1 saturated heterocycles. The van der Waals surface area contributed by atoms with Gasteiger partial charge in [-0.1, -0.05) is 12.1 Å². The van der Waals surface area contributed by atoms with Crippen LogP contribution in [0.3, 0.4) is 0 Å². The van der Waals surface area contributed by atoms with Gasteiger partial charge >= 0.3 is 0 Å². The number of nitrogens with zero attached hydrogens (tertiary/aromatic N) is 1. The summed E-state index contributed by atoms with van der Waals surface area (Å²) in [6.07, 6.45) is 0. The summed E-state index contributed by atoms with van der Waals surface area (Å²) in [6, 6.07) is 15.8. The molecule has 0 aliphatic carbocycles. The second-order valence-electron chi connectivity index (χ2n) is 7.57. The zero-order chi connectivity index (χ0) is 20.6. The minimum absolute atomic E-state index is 0.0245. The van der Waals surface area contributed by atoms with Crippen LogP contribution in [0.2, 0.25) is 0 Å². The van der Waals surface area contributed by atoms with Crippen molar-refractivity contribution in [3.63, 3.8) is 0 Å². The molecule has 1 aliphatic heterocycles. The van der Waals surface area contributed by atoms with E-state index in [2.05, 4.69) is 46.7 Å². The number of carbonyl (C=O) groups excluding carboxylic acids is 1. The molecule has 0 radical (unpaired) electrons. The molecule has 2 aromatic rings. The van der Waals surface area contributed by atoms with Crippen LogP contribution in [0.5, 0.6) is 5.75 Å². The van der Waals surface area contributed by atoms with E-state index in [9.17, 15) is 4.79 Å². The van der Waals surface area contributed by atoms with Crippen molar-refractivity contribution in [2.75, 3.05) is 50.1 Å². The maximum absolute atomic E-state index is 12.4. The standard InChI is InChI=1S/C23H32N4O2/c1-4-26-13-15-27(16-14-26)21-9-7-20(8-10-21)25-18(2)23(28)24-17-19-5-11-22(29-3)12-6-19/h5-12,18,25H,4,13-17H2,1-3H3,(H,24,28)/p+1/t18-/m1/s1. The number of hydrogen-bond acceptors (Lipinski definition) is 4. The van der Waals surface area contributed by atoms with Gasteiger partial charge in [0.15, 0.2) is 0 Å². The third-order valence-electron chi connectivity index (χ3n) is 5.61. The van der Waals surface area contributed by atoms with Gasteiger partial charge in [0.1, 0.15) is 11.8 Å². The molecule has 6 nitrogen and oxygen atoms in total. The number of nitrogens with one attached hydrogen (secondary N) is 3. The van der Waals surface area contributed by atoms with Gasteiger partial charge in [0.2, 0.25) is 5.91 Å². The molecule has 156 valence electrons. The van der Waals surface area contributed by atoms with Crippen LogP contribution in [-0.4, -0.2) is 51.8 Å². The summed E-state index contributed by atoms with van der Waals surface area (Å²) in [6.45, 7) is 10.4. The van der Waals surface area contributed by atoms with Crippen molar-refractivity contribution in [1.29, 1.82) is 0 Å². The van der Waals surface area contributed by atoms with Crippen molar-refractivity contribution < 1.29 is 14.4 Å². The number of amides is 1. The monoisotopic (exact) mass is 397 g/mol. The lowest BCUT2D eigenvalue weighted by molar-refractivity contribution is -0.898. The lowest BCUT2D eigenvalue weighted by atomic mass is 10.2. The van der Waals surface area contributed by atoms with E-state index in [1.165, 1.54) is 25.3 Å². The minimum Gasteiger partial charge on any atom is -0.497 e. The third kappa shape index (κ3) is 5.87. The van der Waals surface area contributed by atoms with E-state index in [4.69, 9.17) is 4.74 Å². The van der Waals surface area contributed by atoms with E-state index in [1.807, 2.05) is 31.2 Å². The Labute approximate surface area is 173 Å². The van der Waals surface area contributed by atoms with Gasteiger partial charge in [-0.25, -0.2) is 0 Å². The average Bonchev–Trinajstić information content (AvgIpc) is 2.78. The van der Waals surface area contributed by atoms with Crippen molar-refractivity contribution >= 4 is 17.3 Å². The van der Waals surface area contributed by atoms with Crippen LogP contribution in [0.4, 0.5) is 11.4 Å². The Bertz CT molecular complexity index is 768. The lowest BCUT2D eigenvalue weighted by Crippen LogP contribution is -3.14. The summed E-state index contributed by atoms with van der Waals surface area (Å²) >= 11 is 0. The molecule has 1 atom stereocenters. The predicted molar refractivity (Wildman–Crippen MR) is 118 cm³/mol. The quantitative estimate of drug-likeness (QED) is 0.633. The van der Waals surface area contributed by atoms with Gasteiger partial charge in [-0.2, -0.15) is 0 Å². The first-order valence-corrected chi connectivity index (χ1v) is 10.4. The highest BCUT2D eigenvalue weighted by atomic mass is 16.5. The molecule has 0 unspecified atom stereocenters. The van der Waals surface area contributed by atoms with Crippen LogP contribution in [0.1, 0.15) is 19.4 Å². The Hall–Kier alpha value is -2.73. The van der Waals surface area contributed by atoms with E-state index < -0.39 is 0 Å². The second kappa shape index (κ2) is 10.2. The Morgan fingerprint density at radius 1 is 1.10 bits per heavy atom. The molecule has 1 fully saturated rings. The number of benzene rings is 2. The first kappa shape index (κ1) is 21.0. The van der Waals surface area contributed by atoms with Crippen molar-refractivity contribution in [3.05, 3.63) is 54.1 Å². The van der Waals surface area contributed by atoms with Crippen LogP contribution in [0, 0.1) is 0 Å². The molecule has 1 heterocycles. The van der Waals surface area contributed by atoms with Crippen molar-refractivity contribution in [1.82, 2.24) is 5.32 Å². The number of quaternary nitrogens is 1. The van der Waals surface area contributed by atoms with E-state index >= 15 is 0 Å². The summed E-state index contributed by atoms with van der Waals surface area (Å²) in [5.74, 6) is 0.788. The van der Waals surface area contributed by atoms with Crippen LogP contribution in [-0.2, 0) is 11.3 Å². The van der Waals surface area contributed by atoms with E-state index in [1.54, 1.807) is 12.0 Å². The number of likely N-dealkylation sites (N-methyl/N-ethyl adjacent to an activating group) is 1. The minimum atomic E-state index is -0.309. The van der Waals surface area contributed by atoms with E-state index in [0.717, 1.165) is 30.1 Å². The molecular formula is C23H33N4O2+. The number of hydrogen-bond donors (Lipinski definition) is 3. The number of piperazine rings is 1. The SMILES string of the molecule is CC[NH+]1CCN(c2ccc(N[C@H](C)C(=O)NCc3ccc(OC)cc3)cc2)CC1. The number of ether oxygens (including phenoxy) is 1. The van der Waals surface area contributed by atoms with Crippen molar-refractivity contribution in [3.8, 4) is 5.75 Å². The predicted octanol–water partition coefficient (Wildman–Crippen LogP) is 1.54. The van der Waals surface area contributed by atoms with Crippen LogP contribution in [0.15, 0.2) is 48.5 Å². The summed E-state index contributed by atoms with van der Waals surface area (Å²) < 4.78 is 5.15. The summed E-state index contributed by atoms with van der Waals surface area (Å²) in [5.41, 5.74) is 3.25. The molecule has 0 bridgehead atoms. The average molecular weight is 398 g/mol. The molecule has 29 heavy (non-hydrogen) atoms. The van der Waals surface area contributed by atoms with Gasteiger partial charge < -0.3 is 25.2 Å². The number of anilines is 2. The van der Waals surface area contributed by atoms with Gasteiger partial charge in [0, 0.05) is 17.9 Å². The third-order valence-corrected chi connectivity index (χ3v) is 5.61. The first-order chi connectivity index (χ1) is 14.1. The molecule has 1 aliphatic rings. The zero-order valence-corrected chi connectivity index (χ0v) is 17.7. The molecule has 0 saturated carbocycles. The summed E-state index contributed by atoms with van der Waals surface area (Å²) in [4.78, 5) is 16.5. The Balaban J connectivity index is 1.46. The zero-order valence-electron chi connectivity index (χ0n) is 17.7. The Morgan fingerprint density at radius 2 is 1.76 bits per heavy atom. The van der Waals surface area contributed by atoms with E-state index in [-0.39, 0.29) is 11.9 Å². The molecular weight excluding hydrogens is 364 g/mol. The van der Waals surface area contributed by atoms with Crippen LogP contribution < -0.4 is 25.2 Å². The Morgan fingerprint density at radius 3 is 2.34 bits per heavy atom. The normalized spacial score (nSPS) is 15.6. The highest BCUT2D eigenvalue weighted by Crippen LogP contribution is 2.18. The summed E-state index contributed by atoms with van der Waals surface area (Å²) in [5, 5.41) is 6.26. The maximum atomic E-state index is 12.4. The fourth-order valence-electron chi connectivity index (χ4n) is 3.60. The molecule has 3 rings (SSSR count). The molecule has 0 spiro atoms.